The molecule has 0 aliphatic carbocycles. The molecule has 7 heteroatoms. The van der Waals surface area contributed by atoms with E-state index in [1.54, 1.807) is 16.7 Å². The van der Waals surface area contributed by atoms with Gasteiger partial charge in [-0.25, -0.2) is 0 Å². The van der Waals surface area contributed by atoms with E-state index in [0.717, 1.165) is 5.56 Å². The lowest BCUT2D eigenvalue weighted by molar-refractivity contribution is -0.138. The van der Waals surface area contributed by atoms with E-state index in [1.165, 1.54) is 5.56 Å². The Hall–Kier alpha value is -2.70. The third-order valence-corrected chi connectivity index (χ3v) is 4.41. The molecular weight excluding hydrogens is 320 g/mol. The van der Waals surface area contributed by atoms with Gasteiger partial charge < -0.3 is 14.3 Å². The Morgan fingerprint density at radius 1 is 1.08 bits per heavy atom. The lowest BCUT2D eigenvalue weighted by atomic mass is 10.1. The predicted molar refractivity (Wildman–Crippen MR) is 91.6 cm³/mol. The minimum absolute atomic E-state index is 0.0540. The van der Waals surface area contributed by atoms with Crippen molar-refractivity contribution in [2.45, 2.75) is 26.7 Å². The lowest BCUT2D eigenvalue weighted by Gasteiger charge is -2.34. The molecule has 1 aromatic heterocycles. The Labute approximate surface area is 146 Å². The third kappa shape index (κ3) is 4.23. The number of carbonyl (C=O) groups is 2. The van der Waals surface area contributed by atoms with Crippen LogP contribution in [0.15, 0.2) is 28.8 Å². The number of aromatic nitrogens is 2. The summed E-state index contributed by atoms with van der Waals surface area (Å²) in [5.74, 6) is 1.11. The number of carbonyl (C=O) groups excluding carboxylic acids is 2. The van der Waals surface area contributed by atoms with Crippen molar-refractivity contribution in [3.63, 3.8) is 0 Å². The number of aryl methyl sites for hydroxylation is 2. The zero-order valence-corrected chi connectivity index (χ0v) is 14.6. The third-order valence-electron chi connectivity index (χ3n) is 4.41. The van der Waals surface area contributed by atoms with Gasteiger partial charge in [-0.15, -0.1) is 0 Å². The normalized spacial score (nSPS) is 14.6. The highest BCUT2D eigenvalue weighted by Crippen LogP contribution is 2.17. The lowest BCUT2D eigenvalue weighted by Crippen LogP contribution is -2.50. The van der Waals surface area contributed by atoms with E-state index in [0.29, 0.717) is 50.7 Å². The second-order valence-electron chi connectivity index (χ2n) is 6.26. The van der Waals surface area contributed by atoms with Crippen molar-refractivity contribution in [1.82, 2.24) is 19.9 Å². The molecule has 7 nitrogen and oxygen atoms in total. The van der Waals surface area contributed by atoms with Gasteiger partial charge in [0.2, 0.25) is 23.5 Å². The van der Waals surface area contributed by atoms with Gasteiger partial charge in [0.15, 0.2) is 0 Å². The molecule has 1 aromatic carbocycles. The van der Waals surface area contributed by atoms with Crippen LogP contribution in [-0.2, 0) is 16.0 Å². The Morgan fingerprint density at radius 2 is 1.72 bits per heavy atom. The minimum Gasteiger partial charge on any atom is -0.339 e. The fourth-order valence-electron chi connectivity index (χ4n) is 2.82. The monoisotopic (exact) mass is 342 g/mol. The summed E-state index contributed by atoms with van der Waals surface area (Å²) in [5.41, 5.74) is 2.07. The van der Waals surface area contributed by atoms with Crippen LogP contribution >= 0.6 is 0 Å². The van der Waals surface area contributed by atoms with Crippen LogP contribution in [0.25, 0.3) is 11.4 Å². The maximum atomic E-state index is 12.3. The largest absolute Gasteiger partial charge is 0.339 e. The number of hydrogen-bond acceptors (Lipinski definition) is 5. The molecule has 0 saturated carbocycles. The number of nitrogens with zero attached hydrogens (tertiary/aromatic N) is 4. The van der Waals surface area contributed by atoms with Gasteiger partial charge in [-0.3, -0.25) is 9.59 Å². The van der Waals surface area contributed by atoms with Gasteiger partial charge in [0, 0.05) is 51.5 Å². The molecule has 3 rings (SSSR count). The van der Waals surface area contributed by atoms with Gasteiger partial charge in [-0.2, -0.15) is 4.98 Å². The summed E-state index contributed by atoms with van der Waals surface area (Å²) in [6.07, 6.45) is 0.750. The highest BCUT2D eigenvalue weighted by Gasteiger charge is 2.22. The molecule has 25 heavy (non-hydrogen) atoms. The van der Waals surface area contributed by atoms with Crippen LogP contribution in [0.4, 0.5) is 0 Å². The molecule has 1 saturated heterocycles. The van der Waals surface area contributed by atoms with E-state index in [2.05, 4.69) is 10.1 Å². The van der Waals surface area contributed by atoms with Gasteiger partial charge in [-0.05, 0) is 6.92 Å². The van der Waals surface area contributed by atoms with Crippen molar-refractivity contribution in [2.75, 3.05) is 26.2 Å². The maximum absolute atomic E-state index is 12.3. The minimum atomic E-state index is 0.0540. The van der Waals surface area contributed by atoms with Gasteiger partial charge in [0.25, 0.3) is 0 Å². The van der Waals surface area contributed by atoms with Crippen LogP contribution in [0.3, 0.4) is 0 Å². The van der Waals surface area contributed by atoms with E-state index in [9.17, 15) is 9.59 Å². The van der Waals surface area contributed by atoms with Crippen LogP contribution in [0, 0.1) is 6.92 Å². The highest BCUT2D eigenvalue weighted by molar-refractivity contribution is 5.77. The van der Waals surface area contributed by atoms with Gasteiger partial charge in [0.1, 0.15) is 0 Å². The first-order valence-corrected chi connectivity index (χ1v) is 8.46. The summed E-state index contributed by atoms with van der Waals surface area (Å²) in [5, 5.41) is 3.98. The summed E-state index contributed by atoms with van der Waals surface area (Å²) < 4.78 is 5.25. The van der Waals surface area contributed by atoms with Crippen molar-refractivity contribution in [3.8, 4) is 11.4 Å². The Balaban J connectivity index is 1.51. The SMILES string of the molecule is CC(=O)N1CCN(C(=O)CCc2nc(-c3ccc(C)cc3)no2)CC1. The summed E-state index contributed by atoms with van der Waals surface area (Å²) in [6, 6.07) is 7.89. The smallest absolute Gasteiger partial charge is 0.227 e. The number of benzene rings is 1. The Bertz CT molecular complexity index is 746. The number of amides is 2. The standard InChI is InChI=1S/C18H22N4O3/c1-13-3-5-15(6-4-13)18-19-16(25-20-18)7-8-17(24)22-11-9-21(10-12-22)14(2)23/h3-6H,7-12H2,1-2H3. The molecule has 2 aromatic rings. The highest BCUT2D eigenvalue weighted by atomic mass is 16.5. The molecular formula is C18H22N4O3. The molecule has 2 amide bonds. The van der Waals surface area contributed by atoms with Crippen LogP contribution in [-0.4, -0.2) is 57.9 Å². The molecule has 132 valence electrons. The molecule has 0 atom stereocenters. The van der Waals surface area contributed by atoms with Crippen LogP contribution in [0.2, 0.25) is 0 Å². The average Bonchev–Trinajstić information content (AvgIpc) is 3.09. The first-order chi connectivity index (χ1) is 12.0. The molecule has 0 N–H and O–H groups in total. The summed E-state index contributed by atoms with van der Waals surface area (Å²) in [6.45, 7) is 5.93. The van der Waals surface area contributed by atoms with E-state index >= 15 is 0 Å². The van der Waals surface area contributed by atoms with Crippen LogP contribution in [0.5, 0.6) is 0 Å². The summed E-state index contributed by atoms with van der Waals surface area (Å²) >= 11 is 0. The first kappa shape index (κ1) is 17.1. The zero-order valence-electron chi connectivity index (χ0n) is 14.6. The van der Waals surface area contributed by atoms with E-state index in [1.807, 2.05) is 31.2 Å². The first-order valence-electron chi connectivity index (χ1n) is 8.46. The summed E-state index contributed by atoms with van der Waals surface area (Å²) in [4.78, 5) is 31.5. The van der Waals surface area contributed by atoms with Crippen LogP contribution < -0.4 is 0 Å². The molecule has 1 fully saturated rings. The number of rotatable bonds is 4. The van der Waals surface area contributed by atoms with Crippen molar-refractivity contribution in [1.29, 1.82) is 0 Å². The second kappa shape index (κ2) is 7.46. The van der Waals surface area contributed by atoms with Crippen LogP contribution in [0.1, 0.15) is 24.8 Å². The number of hydrogen-bond donors (Lipinski definition) is 0. The Kier molecular flexibility index (Phi) is 5.11. The number of piperazine rings is 1. The van der Waals surface area contributed by atoms with Gasteiger partial charge in [-0.1, -0.05) is 35.0 Å². The average molecular weight is 342 g/mol. The molecule has 2 heterocycles. The van der Waals surface area contributed by atoms with E-state index in [4.69, 9.17) is 4.52 Å². The fraction of sp³-hybridized carbons (Fsp3) is 0.444. The molecule has 1 aliphatic rings. The Morgan fingerprint density at radius 3 is 2.36 bits per heavy atom. The van der Waals surface area contributed by atoms with Gasteiger partial charge in [0.05, 0.1) is 0 Å². The molecule has 0 unspecified atom stereocenters. The molecule has 1 aliphatic heterocycles. The molecule has 0 radical (unpaired) electrons. The molecule has 0 bridgehead atoms. The van der Waals surface area contributed by atoms with E-state index < -0.39 is 0 Å². The van der Waals surface area contributed by atoms with Crippen molar-refractivity contribution in [2.24, 2.45) is 0 Å². The molecule has 0 spiro atoms. The second-order valence-corrected chi connectivity index (χ2v) is 6.26. The van der Waals surface area contributed by atoms with Crippen molar-refractivity contribution in [3.05, 3.63) is 35.7 Å². The van der Waals surface area contributed by atoms with Crippen molar-refractivity contribution >= 4 is 11.8 Å². The maximum Gasteiger partial charge on any atom is 0.227 e. The zero-order chi connectivity index (χ0) is 17.8. The summed E-state index contributed by atoms with van der Waals surface area (Å²) in [7, 11) is 0. The predicted octanol–water partition coefficient (Wildman–Crippen LogP) is 1.67. The fourth-order valence-corrected chi connectivity index (χ4v) is 2.82. The van der Waals surface area contributed by atoms with E-state index in [-0.39, 0.29) is 11.8 Å². The van der Waals surface area contributed by atoms with Gasteiger partial charge >= 0.3 is 0 Å². The topological polar surface area (TPSA) is 79.5 Å². The quantitative estimate of drug-likeness (QED) is 0.844. The van der Waals surface area contributed by atoms with Crippen molar-refractivity contribution < 1.29 is 14.1 Å².